The molecule has 0 saturated heterocycles. The molecule has 0 fully saturated rings. The Morgan fingerprint density at radius 3 is 2.46 bits per heavy atom. The smallest absolute Gasteiger partial charge is 0.209 e. The van der Waals surface area contributed by atoms with Crippen LogP contribution in [0.15, 0.2) is 54.6 Å². The fourth-order valence-corrected chi connectivity index (χ4v) is 2.81. The van der Waals surface area contributed by atoms with Gasteiger partial charge in [-0.15, -0.1) is 5.10 Å². The highest BCUT2D eigenvalue weighted by Gasteiger charge is 2.15. The summed E-state index contributed by atoms with van der Waals surface area (Å²) in [7, 11) is -3.34. The SMILES string of the molecule is Cc1ccccc1-n1nc(COc2ccccc2)nc1CNS(C)(=O)=O. The fraction of sp³-hybridized carbons (Fsp3) is 0.222. The van der Waals surface area contributed by atoms with Gasteiger partial charge in [-0.3, -0.25) is 0 Å². The van der Waals surface area contributed by atoms with Crippen molar-refractivity contribution in [1.29, 1.82) is 0 Å². The van der Waals surface area contributed by atoms with Crippen molar-refractivity contribution in [3.05, 3.63) is 71.8 Å². The number of ether oxygens (including phenoxy) is 1. The van der Waals surface area contributed by atoms with E-state index in [-0.39, 0.29) is 13.2 Å². The van der Waals surface area contributed by atoms with E-state index in [0.29, 0.717) is 11.6 Å². The van der Waals surface area contributed by atoms with E-state index in [1.807, 2.05) is 61.5 Å². The van der Waals surface area contributed by atoms with E-state index in [9.17, 15) is 8.42 Å². The van der Waals surface area contributed by atoms with Crippen LogP contribution in [0, 0.1) is 6.92 Å². The summed E-state index contributed by atoms with van der Waals surface area (Å²) in [5.74, 6) is 1.69. The molecule has 3 aromatic rings. The van der Waals surface area contributed by atoms with Crippen LogP contribution in [0.4, 0.5) is 0 Å². The summed E-state index contributed by atoms with van der Waals surface area (Å²) in [6.07, 6.45) is 1.11. The van der Waals surface area contributed by atoms with Gasteiger partial charge in [-0.25, -0.2) is 22.8 Å². The second kappa shape index (κ2) is 7.67. The van der Waals surface area contributed by atoms with Gasteiger partial charge in [-0.05, 0) is 30.7 Å². The second-order valence-electron chi connectivity index (χ2n) is 5.84. The van der Waals surface area contributed by atoms with E-state index >= 15 is 0 Å². The number of aryl methyl sites for hydroxylation is 1. The number of hydrogen-bond acceptors (Lipinski definition) is 5. The monoisotopic (exact) mass is 372 g/mol. The highest BCUT2D eigenvalue weighted by molar-refractivity contribution is 7.88. The van der Waals surface area contributed by atoms with Crippen molar-refractivity contribution in [3.63, 3.8) is 0 Å². The molecule has 0 spiro atoms. The molecule has 1 aromatic heterocycles. The average Bonchev–Trinajstić information content (AvgIpc) is 3.02. The van der Waals surface area contributed by atoms with Crippen LogP contribution in [0.25, 0.3) is 5.69 Å². The van der Waals surface area contributed by atoms with Gasteiger partial charge in [-0.2, -0.15) is 0 Å². The molecule has 8 heteroatoms. The van der Waals surface area contributed by atoms with E-state index in [1.165, 1.54) is 0 Å². The van der Waals surface area contributed by atoms with Gasteiger partial charge in [0.2, 0.25) is 10.0 Å². The van der Waals surface area contributed by atoms with Crippen molar-refractivity contribution >= 4 is 10.0 Å². The fourth-order valence-electron chi connectivity index (χ4n) is 2.42. The Morgan fingerprint density at radius 1 is 1.08 bits per heavy atom. The summed E-state index contributed by atoms with van der Waals surface area (Å²) in [6.45, 7) is 2.20. The molecule has 0 bridgehead atoms. The summed E-state index contributed by atoms with van der Waals surface area (Å²) in [5.41, 5.74) is 1.85. The molecule has 1 heterocycles. The first-order valence-electron chi connectivity index (χ1n) is 8.06. The van der Waals surface area contributed by atoms with Crippen molar-refractivity contribution in [3.8, 4) is 11.4 Å². The lowest BCUT2D eigenvalue weighted by Crippen LogP contribution is -2.23. The maximum Gasteiger partial charge on any atom is 0.209 e. The lowest BCUT2D eigenvalue weighted by Gasteiger charge is -2.08. The molecule has 26 heavy (non-hydrogen) atoms. The van der Waals surface area contributed by atoms with Gasteiger partial charge in [0.1, 0.15) is 18.2 Å². The van der Waals surface area contributed by atoms with Crippen LogP contribution in [0.5, 0.6) is 5.75 Å². The molecule has 7 nitrogen and oxygen atoms in total. The molecule has 2 aromatic carbocycles. The molecule has 136 valence electrons. The van der Waals surface area contributed by atoms with Crippen LogP contribution in [0.1, 0.15) is 17.2 Å². The van der Waals surface area contributed by atoms with E-state index in [4.69, 9.17) is 4.74 Å². The first kappa shape index (κ1) is 18.1. The second-order valence-corrected chi connectivity index (χ2v) is 7.67. The van der Waals surface area contributed by atoms with Crippen molar-refractivity contribution in [2.75, 3.05) is 6.26 Å². The van der Waals surface area contributed by atoms with Gasteiger partial charge < -0.3 is 4.74 Å². The summed E-state index contributed by atoms with van der Waals surface area (Å²) in [5, 5.41) is 4.50. The number of aromatic nitrogens is 3. The van der Waals surface area contributed by atoms with Gasteiger partial charge in [0.05, 0.1) is 18.5 Å². The minimum Gasteiger partial charge on any atom is -0.486 e. The zero-order valence-electron chi connectivity index (χ0n) is 14.6. The van der Waals surface area contributed by atoms with E-state index < -0.39 is 10.0 Å². The summed E-state index contributed by atoms with van der Waals surface area (Å²) in [4.78, 5) is 4.45. The maximum atomic E-state index is 11.4. The first-order chi connectivity index (χ1) is 12.4. The third-order valence-electron chi connectivity index (χ3n) is 3.67. The number of rotatable bonds is 7. The predicted molar refractivity (Wildman–Crippen MR) is 98.6 cm³/mol. The highest BCUT2D eigenvalue weighted by Crippen LogP contribution is 2.16. The number of sulfonamides is 1. The first-order valence-corrected chi connectivity index (χ1v) is 9.95. The minimum absolute atomic E-state index is 0.0471. The van der Waals surface area contributed by atoms with E-state index in [2.05, 4.69) is 14.8 Å². The van der Waals surface area contributed by atoms with Gasteiger partial charge in [-0.1, -0.05) is 36.4 Å². The Kier molecular flexibility index (Phi) is 5.34. The quantitative estimate of drug-likeness (QED) is 0.687. The number of benzene rings is 2. The summed E-state index contributed by atoms with van der Waals surface area (Å²) >= 11 is 0. The molecule has 1 N–H and O–H groups in total. The third-order valence-corrected chi connectivity index (χ3v) is 4.33. The molecule has 0 aliphatic carbocycles. The predicted octanol–water partition coefficient (Wildman–Crippen LogP) is 2.20. The van der Waals surface area contributed by atoms with Crippen molar-refractivity contribution in [2.24, 2.45) is 0 Å². The van der Waals surface area contributed by atoms with Crippen molar-refractivity contribution < 1.29 is 13.2 Å². The molecule has 0 amide bonds. The van der Waals surface area contributed by atoms with Crippen LogP contribution in [-0.2, 0) is 23.2 Å². The Balaban J connectivity index is 1.88. The van der Waals surface area contributed by atoms with Crippen molar-refractivity contribution in [1.82, 2.24) is 19.5 Å². The largest absolute Gasteiger partial charge is 0.486 e. The molecule has 0 aliphatic rings. The molecule has 0 saturated carbocycles. The average molecular weight is 372 g/mol. The Hall–Kier alpha value is -2.71. The lowest BCUT2D eigenvalue weighted by molar-refractivity contribution is 0.296. The lowest BCUT2D eigenvalue weighted by atomic mass is 10.2. The van der Waals surface area contributed by atoms with E-state index in [1.54, 1.807) is 4.68 Å². The molecular weight excluding hydrogens is 352 g/mol. The third kappa shape index (κ3) is 4.68. The zero-order chi connectivity index (χ0) is 18.6. The molecule has 0 atom stereocenters. The normalized spacial score (nSPS) is 11.5. The minimum atomic E-state index is -3.34. The van der Waals surface area contributed by atoms with Crippen LogP contribution in [-0.4, -0.2) is 29.4 Å². The number of para-hydroxylation sites is 2. The Bertz CT molecular complexity index is 985. The maximum absolute atomic E-state index is 11.4. The molecule has 0 radical (unpaired) electrons. The topological polar surface area (TPSA) is 86.1 Å². The van der Waals surface area contributed by atoms with Crippen LogP contribution < -0.4 is 9.46 Å². The van der Waals surface area contributed by atoms with Gasteiger partial charge in [0.15, 0.2) is 5.82 Å². The molecular formula is C18H20N4O3S. The van der Waals surface area contributed by atoms with E-state index in [0.717, 1.165) is 23.3 Å². The van der Waals surface area contributed by atoms with Crippen molar-refractivity contribution in [2.45, 2.75) is 20.1 Å². The van der Waals surface area contributed by atoms with Crippen LogP contribution in [0.2, 0.25) is 0 Å². The van der Waals surface area contributed by atoms with Gasteiger partial charge >= 0.3 is 0 Å². The zero-order valence-corrected chi connectivity index (χ0v) is 15.4. The molecule has 3 rings (SSSR count). The number of nitrogens with one attached hydrogen (secondary N) is 1. The summed E-state index contributed by atoms with van der Waals surface area (Å²) < 4.78 is 32.7. The Labute approximate surface area is 152 Å². The number of hydrogen-bond donors (Lipinski definition) is 1. The van der Waals surface area contributed by atoms with Crippen LogP contribution >= 0.6 is 0 Å². The number of nitrogens with zero attached hydrogens (tertiary/aromatic N) is 3. The van der Waals surface area contributed by atoms with Gasteiger partial charge in [0.25, 0.3) is 0 Å². The van der Waals surface area contributed by atoms with Gasteiger partial charge in [0, 0.05) is 0 Å². The van der Waals surface area contributed by atoms with Crippen LogP contribution in [0.3, 0.4) is 0 Å². The summed E-state index contributed by atoms with van der Waals surface area (Å²) in [6, 6.07) is 17.1. The molecule has 0 aliphatic heterocycles. The standard InChI is InChI=1S/C18H20N4O3S/c1-14-8-6-7-11-16(14)22-18(12-19-26(2,23)24)20-17(21-22)13-25-15-9-4-3-5-10-15/h3-11,19H,12-13H2,1-2H3. The highest BCUT2D eigenvalue weighted by atomic mass is 32.2. The molecule has 0 unspecified atom stereocenters. The Morgan fingerprint density at radius 2 is 1.77 bits per heavy atom.